The van der Waals surface area contributed by atoms with Crippen molar-refractivity contribution in [2.45, 2.75) is 12.1 Å². The second kappa shape index (κ2) is 4.75. The van der Waals surface area contributed by atoms with Crippen molar-refractivity contribution in [1.29, 1.82) is 0 Å². The molecule has 1 N–H and O–H groups in total. The second-order valence-corrected chi connectivity index (χ2v) is 5.56. The van der Waals surface area contributed by atoms with Crippen LogP contribution >= 0.6 is 21.6 Å². The van der Waals surface area contributed by atoms with Crippen LogP contribution in [0.15, 0.2) is 23.4 Å². The van der Waals surface area contributed by atoms with Gasteiger partial charge in [0.2, 0.25) is 0 Å². The van der Waals surface area contributed by atoms with Crippen molar-refractivity contribution in [3.05, 3.63) is 28.3 Å². The number of aromatic amines is 1. The van der Waals surface area contributed by atoms with Gasteiger partial charge in [0.1, 0.15) is 0 Å². The molecule has 0 aliphatic heterocycles. The minimum atomic E-state index is -0.409. The molecule has 0 fully saturated rings. The fourth-order valence-corrected chi connectivity index (χ4v) is 2.68. The lowest BCUT2D eigenvalue weighted by molar-refractivity contribution is -0.384. The number of hydrogen-bond donors (Lipinski definition) is 1. The molecule has 7 heteroatoms. The number of nitro benzene ring substituents is 1. The summed E-state index contributed by atoms with van der Waals surface area (Å²) in [5.41, 5.74) is 1.54. The van der Waals surface area contributed by atoms with Gasteiger partial charge in [-0.2, -0.15) is 0 Å². The van der Waals surface area contributed by atoms with E-state index in [1.165, 1.54) is 12.1 Å². The minimum Gasteiger partial charge on any atom is -0.332 e. The summed E-state index contributed by atoms with van der Waals surface area (Å²) >= 11 is 0. The van der Waals surface area contributed by atoms with Gasteiger partial charge in [-0.05, 0) is 16.9 Å². The molecular weight excluding hydrogens is 246 g/mol. The van der Waals surface area contributed by atoms with Crippen LogP contribution in [0.2, 0.25) is 0 Å². The Kier molecular flexibility index (Phi) is 3.35. The summed E-state index contributed by atoms with van der Waals surface area (Å²) in [6.45, 7) is 2.06. The summed E-state index contributed by atoms with van der Waals surface area (Å²) in [5, 5.41) is 11.4. The Bertz CT molecular complexity index is 526. The van der Waals surface area contributed by atoms with Crippen LogP contribution < -0.4 is 0 Å². The fraction of sp³-hybridized carbons (Fsp3) is 0.222. The van der Waals surface area contributed by atoms with Crippen molar-refractivity contribution in [3.63, 3.8) is 0 Å². The Labute approximate surface area is 99.6 Å². The first kappa shape index (κ1) is 11.3. The molecule has 5 nitrogen and oxygen atoms in total. The van der Waals surface area contributed by atoms with Gasteiger partial charge in [0.15, 0.2) is 5.16 Å². The third-order valence-electron chi connectivity index (χ3n) is 1.91. The lowest BCUT2D eigenvalue weighted by atomic mass is 10.3. The zero-order valence-corrected chi connectivity index (χ0v) is 10.1. The Morgan fingerprint density at radius 3 is 3.06 bits per heavy atom. The molecule has 0 atom stereocenters. The smallest absolute Gasteiger partial charge is 0.271 e. The number of aromatic nitrogens is 2. The predicted octanol–water partition coefficient (Wildman–Crippen LogP) is 3.23. The van der Waals surface area contributed by atoms with E-state index in [0.717, 1.165) is 16.4 Å². The first-order chi connectivity index (χ1) is 7.70. The molecule has 0 bridgehead atoms. The monoisotopic (exact) mass is 255 g/mol. The zero-order chi connectivity index (χ0) is 11.5. The summed E-state index contributed by atoms with van der Waals surface area (Å²) in [4.78, 5) is 17.5. The van der Waals surface area contributed by atoms with Gasteiger partial charge in [-0.25, -0.2) is 4.98 Å². The van der Waals surface area contributed by atoms with Gasteiger partial charge in [0.05, 0.1) is 16.0 Å². The molecule has 1 aromatic carbocycles. The van der Waals surface area contributed by atoms with Gasteiger partial charge in [-0.15, -0.1) is 0 Å². The zero-order valence-electron chi connectivity index (χ0n) is 8.47. The molecule has 2 rings (SSSR count). The van der Waals surface area contributed by atoms with E-state index in [0.29, 0.717) is 5.52 Å². The summed E-state index contributed by atoms with van der Waals surface area (Å²) < 4.78 is 0. The maximum absolute atomic E-state index is 10.6. The lowest BCUT2D eigenvalue weighted by Crippen LogP contribution is -1.86. The van der Waals surface area contributed by atoms with E-state index in [1.54, 1.807) is 27.7 Å². The number of H-pyrrole nitrogens is 1. The number of non-ortho nitro benzene ring substituents is 1. The molecular formula is C9H9N3O2S2. The van der Waals surface area contributed by atoms with Crippen molar-refractivity contribution in [2.75, 3.05) is 5.75 Å². The van der Waals surface area contributed by atoms with Crippen molar-refractivity contribution >= 4 is 38.3 Å². The highest BCUT2D eigenvalue weighted by Gasteiger charge is 2.09. The van der Waals surface area contributed by atoms with E-state index in [4.69, 9.17) is 0 Å². The van der Waals surface area contributed by atoms with E-state index in [2.05, 4.69) is 16.9 Å². The first-order valence-corrected chi connectivity index (χ1v) is 6.96. The third kappa shape index (κ3) is 2.30. The number of hydrogen-bond acceptors (Lipinski definition) is 5. The molecule has 2 aromatic rings. The number of nitrogens with zero attached hydrogens (tertiary/aromatic N) is 2. The number of fused-ring (bicyclic) bond motifs is 1. The molecule has 16 heavy (non-hydrogen) atoms. The van der Waals surface area contributed by atoms with Crippen LogP contribution in [-0.4, -0.2) is 20.6 Å². The highest BCUT2D eigenvalue weighted by Crippen LogP contribution is 2.30. The van der Waals surface area contributed by atoms with Gasteiger partial charge in [-0.3, -0.25) is 10.1 Å². The third-order valence-corrected chi connectivity index (χ3v) is 4.15. The van der Waals surface area contributed by atoms with Crippen LogP contribution in [-0.2, 0) is 0 Å². The van der Waals surface area contributed by atoms with Gasteiger partial charge in [0, 0.05) is 17.9 Å². The normalized spacial score (nSPS) is 10.8. The molecule has 1 heterocycles. The molecule has 0 saturated heterocycles. The van der Waals surface area contributed by atoms with Crippen LogP contribution in [0.5, 0.6) is 0 Å². The quantitative estimate of drug-likeness (QED) is 0.516. The molecule has 0 aliphatic carbocycles. The molecule has 0 aliphatic rings. The number of nitrogens with one attached hydrogen (secondary N) is 1. The Hall–Kier alpha value is -1.21. The summed E-state index contributed by atoms with van der Waals surface area (Å²) in [6, 6.07) is 4.62. The highest BCUT2D eigenvalue weighted by molar-refractivity contribution is 8.76. The number of imidazole rings is 1. The van der Waals surface area contributed by atoms with Gasteiger partial charge >= 0.3 is 0 Å². The molecule has 0 unspecified atom stereocenters. The topological polar surface area (TPSA) is 71.8 Å². The average Bonchev–Trinajstić information content (AvgIpc) is 2.67. The fourth-order valence-electron chi connectivity index (χ4n) is 1.24. The maximum Gasteiger partial charge on any atom is 0.271 e. The van der Waals surface area contributed by atoms with E-state index in [-0.39, 0.29) is 5.69 Å². The molecule has 0 radical (unpaired) electrons. The van der Waals surface area contributed by atoms with Crippen LogP contribution in [0.25, 0.3) is 11.0 Å². The van der Waals surface area contributed by atoms with Crippen molar-refractivity contribution in [2.24, 2.45) is 0 Å². The van der Waals surface area contributed by atoms with E-state index in [9.17, 15) is 10.1 Å². The Morgan fingerprint density at radius 2 is 2.38 bits per heavy atom. The summed E-state index contributed by atoms with van der Waals surface area (Å²) in [6.07, 6.45) is 0. The van der Waals surface area contributed by atoms with Crippen LogP contribution in [0, 0.1) is 10.1 Å². The molecule has 0 spiro atoms. The predicted molar refractivity (Wildman–Crippen MR) is 66.7 cm³/mol. The number of rotatable bonds is 4. The lowest BCUT2D eigenvalue weighted by Gasteiger charge is -1.90. The summed E-state index contributed by atoms with van der Waals surface area (Å²) in [5.74, 6) is 0.988. The van der Waals surface area contributed by atoms with Gasteiger partial charge in [-0.1, -0.05) is 17.7 Å². The van der Waals surface area contributed by atoms with E-state index in [1.807, 2.05) is 0 Å². The van der Waals surface area contributed by atoms with Gasteiger partial charge < -0.3 is 4.98 Å². The molecule has 84 valence electrons. The Balaban J connectivity index is 2.34. The van der Waals surface area contributed by atoms with Gasteiger partial charge in [0.25, 0.3) is 5.69 Å². The van der Waals surface area contributed by atoms with Crippen LogP contribution in [0.3, 0.4) is 0 Å². The summed E-state index contributed by atoms with van der Waals surface area (Å²) in [7, 11) is 3.22. The molecule has 0 saturated carbocycles. The standard InChI is InChI=1S/C9H9N3O2S2/c1-2-15-16-9-10-7-4-3-6(12(13)14)5-8(7)11-9/h3-5H,2H2,1H3,(H,10,11). The second-order valence-electron chi connectivity index (χ2n) is 2.99. The highest BCUT2D eigenvalue weighted by atomic mass is 33.1. The molecule has 0 amide bonds. The van der Waals surface area contributed by atoms with E-state index >= 15 is 0 Å². The maximum atomic E-state index is 10.6. The largest absolute Gasteiger partial charge is 0.332 e. The van der Waals surface area contributed by atoms with Crippen molar-refractivity contribution in [3.8, 4) is 0 Å². The molecule has 1 aromatic heterocycles. The Morgan fingerprint density at radius 1 is 1.56 bits per heavy atom. The minimum absolute atomic E-state index is 0.0795. The van der Waals surface area contributed by atoms with Crippen molar-refractivity contribution < 1.29 is 4.92 Å². The SMILES string of the molecule is CCSSc1nc2ccc([N+](=O)[O-])cc2[nH]1. The van der Waals surface area contributed by atoms with Crippen LogP contribution in [0.4, 0.5) is 5.69 Å². The van der Waals surface area contributed by atoms with Crippen LogP contribution in [0.1, 0.15) is 6.92 Å². The number of benzene rings is 1. The van der Waals surface area contributed by atoms with Crippen molar-refractivity contribution in [1.82, 2.24) is 9.97 Å². The number of nitro groups is 1. The first-order valence-electron chi connectivity index (χ1n) is 4.64. The van der Waals surface area contributed by atoms with E-state index < -0.39 is 4.92 Å². The average molecular weight is 255 g/mol.